The summed E-state index contributed by atoms with van der Waals surface area (Å²) in [5, 5.41) is 29.5. The summed E-state index contributed by atoms with van der Waals surface area (Å²) in [7, 11) is 3.70. The predicted molar refractivity (Wildman–Crippen MR) is 137 cm³/mol. The molecule has 12 heteroatoms. The Hall–Kier alpha value is -3.12. The number of Topliss-reactive ketones (excluding diaryl/α,β-unsaturated/α-hetero) is 2. The van der Waals surface area contributed by atoms with Crippen LogP contribution in [0.1, 0.15) is 68.8 Å². The van der Waals surface area contributed by atoms with E-state index in [0.29, 0.717) is 42.9 Å². The van der Waals surface area contributed by atoms with Gasteiger partial charge < -0.3 is 0 Å². The Morgan fingerprint density at radius 1 is 0.865 bits per heavy atom. The number of ketones is 2. The lowest BCUT2D eigenvalue weighted by molar-refractivity contribution is -0.118. The highest BCUT2D eigenvalue weighted by atomic mass is 32.1. The maximum absolute atomic E-state index is 12.4. The molecule has 0 aromatic carbocycles. The van der Waals surface area contributed by atoms with Crippen LogP contribution in [0.4, 0.5) is 0 Å². The molecule has 4 aromatic rings. The van der Waals surface area contributed by atoms with Gasteiger partial charge in [0.05, 0.1) is 31.2 Å². The van der Waals surface area contributed by atoms with E-state index in [4.69, 9.17) is 0 Å². The van der Waals surface area contributed by atoms with Crippen molar-refractivity contribution in [1.29, 1.82) is 0 Å². The van der Waals surface area contributed by atoms with Crippen LogP contribution in [0, 0.1) is 5.41 Å². The molecule has 6 rings (SSSR count). The van der Waals surface area contributed by atoms with E-state index >= 15 is 0 Å². The lowest BCUT2D eigenvalue weighted by Gasteiger charge is -2.56. The van der Waals surface area contributed by atoms with Gasteiger partial charge in [-0.2, -0.15) is 10.2 Å². The first kappa shape index (κ1) is 24.2. The fourth-order valence-electron chi connectivity index (χ4n) is 5.67. The van der Waals surface area contributed by atoms with Crippen LogP contribution in [0.5, 0.6) is 0 Å². The van der Waals surface area contributed by atoms with Gasteiger partial charge in [0.2, 0.25) is 0 Å². The fraction of sp³-hybridized carbons (Fsp3) is 0.520. The molecular weight excluding hydrogens is 508 g/mol. The maximum Gasteiger partial charge on any atom is 0.145 e. The second kappa shape index (κ2) is 9.64. The zero-order valence-electron chi connectivity index (χ0n) is 20.8. The van der Waals surface area contributed by atoms with E-state index < -0.39 is 0 Å². The first-order valence-corrected chi connectivity index (χ1v) is 14.1. The number of hydrogen-bond acceptors (Lipinski definition) is 10. The van der Waals surface area contributed by atoms with Gasteiger partial charge in [-0.05, 0) is 42.7 Å². The van der Waals surface area contributed by atoms with Crippen molar-refractivity contribution in [3.63, 3.8) is 0 Å². The summed E-state index contributed by atoms with van der Waals surface area (Å²) in [4.78, 5) is 24.8. The zero-order valence-corrected chi connectivity index (χ0v) is 22.5. The number of aryl methyl sites for hydroxylation is 2. The number of carbonyl (C=O) groups excluding carboxylic acids is 2. The summed E-state index contributed by atoms with van der Waals surface area (Å²) in [6.45, 7) is 0. The van der Waals surface area contributed by atoms with Crippen LogP contribution in [0.15, 0.2) is 24.7 Å². The lowest BCUT2D eigenvalue weighted by Crippen LogP contribution is -2.45. The van der Waals surface area contributed by atoms with Crippen LogP contribution in [0.2, 0.25) is 0 Å². The molecule has 0 aliphatic heterocycles. The molecular formula is C25H28N8O2S2. The van der Waals surface area contributed by atoms with Gasteiger partial charge in [-0.25, -0.2) is 0 Å². The Bertz CT molecular complexity index is 1330. The van der Waals surface area contributed by atoms with Crippen molar-refractivity contribution in [3.8, 4) is 0 Å². The molecule has 0 unspecified atom stereocenters. The molecule has 0 N–H and O–H groups in total. The Kier molecular flexibility index (Phi) is 6.31. The molecule has 0 saturated heterocycles. The summed E-state index contributed by atoms with van der Waals surface area (Å²) in [6.07, 6.45) is 11.3. The van der Waals surface area contributed by atoms with Crippen molar-refractivity contribution < 1.29 is 9.59 Å². The monoisotopic (exact) mass is 536 g/mol. The topological polar surface area (TPSA) is 121 Å². The van der Waals surface area contributed by atoms with Crippen molar-refractivity contribution in [2.45, 2.75) is 63.2 Å². The molecule has 2 aliphatic carbocycles. The number of carbonyl (C=O) groups is 2. The zero-order chi connectivity index (χ0) is 25.6. The van der Waals surface area contributed by atoms with Crippen molar-refractivity contribution in [1.82, 2.24) is 40.0 Å². The van der Waals surface area contributed by atoms with Crippen molar-refractivity contribution >= 4 is 34.2 Å². The summed E-state index contributed by atoms with van der Waals surface area (Å²) in [5.74, 6) is 1.13. The van der Waals surface area contributed by atoms with Gasteiger partial charge in [0.1, 0.15) is 31.6 Å². The minimum absolute atomic E-state index is 0.114. The highest BCUT2D eigenvalue weighted by Crippen LogP contribution is 2.66. The SMILES string of the molecule is Cn1cc(CC(=O)Cc2nnc(C3CC4(C3)CC(c3nnc(CC(=O)Cc5ccn(C)n5)s3)C4)s2)cn1. The minimum Gasteiger partial charge on any atom is -0.299 e. The number of aromatic nitrogens is 8. The molecule has 10 nitrogen and oxygen atoms in total. The van der Waals surface area contributed by atoms with Gasteiger partial charge >= 0.3 is 0 Å². The van der Waals surface area contributed by atoms with Crippen LogP contribution in [-0.4, -0.2) is 51.5 Å². The summed E-state index contributed by atoms with van der Waals surface area (Å²) in [5.41, 5.74) is 2.09. The molecule has 0 bridgehead atoms. The van der Waals surface area contributed by atoms with Gasteiger partial charge in [0.15, 0.2) is 0 Å². The second-order valence-corrected chi connectivity index (χ2v) is 12.8. The molecule has 1 spiro atoms. The normalized spacial score (nSPS) is 22.6. The summed E-state index contributed by atoms with van der Waals surface area (Å²) >= 11 is 3.16. The quantitative estimate of drug-likeness (QED) is 0.303. The Morgan fingerprint density at radius 2 is 1.46 bits per heavy atom. The molecule has 2 aliphatic rings. The van der Waals surface area contributed by atoms with Gasteiger partial charge in [-0.1, -0.05) is 0 Å². The minimum atomic E-state index is 0.114. The molecule has 37 heavy (non-hydrogen) atoms. The van der Waals surface area contributed by atoms with Crippen LogP contribution >= 0.6 is 22.7 Å². The van der Waals surface area contributed by atoms with E-state index in [1.165, 1.54) is 0 Å². The first-order valence-electron chi connectivity index (χ1n) is 12.5. The molecule has 0 amide bonds. The van der Waals surface area contributed by atoms with Crippen molar-refractivity contribution in [2.24, 2.45) is 19.5 Å². The second-order valence-electron chi connectivity index (χ2n) is 10.6. The van der Waals surface area contributed by atoms with E-state index in [0.717, 1.165) is 57.0 Å². The summed E-state index contributed by atoms with van der Waals surface area (Å²) in [6, 6.07) is 1.87. The molecule has 0 atom stereocenters. The number of hydrogen-bond donors (Lipinski definition) is 0. The Morgan fingerprint density at radius 3 is 1.97 bits per heavy atom. The smallest absolute Gasteiger partial charge is 0.145 e. The fourth-order valence-corrected chi connectivity index (χ4v) is 7.61. The van der Waals surface area contributed by atoms with Crippen molar-refractivity contribution in [2.75, 3.05) is 0 Å². The van der Waals surface area contributed by atoms with E-state index in [-0.39, 0.29) is 11.6 Å². The van der Waals surface area contributed by atoms with E-state index in [1.807, 2.05) is 32.6 Å². The third kappa shape index (κ3) is 5.30. The van der Waals surface area contributed by atoms with Gasteiger partial charge in [0, 0.05) is 44.7 Å². The molecule has 2 fully saturated rings. The van der Waals surface area contributed by atoms with Crippen LogP contribution < -0.4 is 0 Å². The Labute approximate surface area is 222 Å². The number of rotatable bonds is 10. The molecule has 4 heterocycles. The predicted octanol–water partition coefficient (Wildman–Crippen LogP) is 3.01. The summed E-state index contributed by atoms with van der Waals surface area (Å²) < 4.78 is 3.42. The van der Waals surface area contributed by atoms with E-state index in [9.17, 15) is 9.59 Å². The van der Waals surface area contributed by atoms with E-state index in [1.54, 1.807) is 38.2 Å². The lowest BCUT2D eigenvalue weighted by atomic mass is 9.48. The standard InChI is InChI=1S/C25H28N8O2S2/c1-32-4-3-18(31-32)6-20(35)8-22-28-30-24(37-22)17-11-25(12-17)9-16(10-25)23-29-27-21(36-23)7-19(34)5-15-13-26-33(2)14-15/h3-4,13-14,16-17H,5-12H2,1-2H3. The molecule has 192 valence electrons. The highest BCUT2D eigenvalue weighted by Gasteiger charge is 2.55. The molecule has 4 aromatic heterocycles. The maximum atomic E-state index is 12.4. The van der Waals surface area contributed by atoms with Crippen molar-refractivity contribution in [3.05, 3.63) is 55.9 Å². The van der Waals surface area contributed by atoms with Gasteiger partial charge in [-0.15, -0.1) is 43.1 Å². The van der Waals surface area contributed by atoms with Gasteiger partial charge in [0.25, 0.3) is 0 Å². The van der Waals surface area contributed by atoms with E-state index in [2.05, 4.69) is 30.6 Å². The van der Waals surface area contributed by atoms with Gasteiger partial charge in [-0.3, -0.25) is 19.0 Å². The average molecular weight is 537 g/mol. The average Bonchev–Trinajstić information content (AvgIpc) is 3.57. The largest absolute Gasteiger partial charge is 0.299 e. The Balaban J connectivity index is 0.955. The third-order valence-electron chi connectivity index (χ3n) is 7.38. The molecule has 0 radical (unpaired) electrons. The van der Waals surface area contributed by atoms with Crippen LogP contribution in [-0.2, 0) is 49.4 Å². The molecule has 2 saturated carbocycles. The highest BCUT2D eigenvalue weighted by molar-refractivity contribution is 7.11. The number of nitrogens with zero attached hydrogens (tertiary/aromatic N) is 8. The van der Waals surface area contributed by atoms with Crippen LogP contribution in [0.25, 0.3) is 0 Å². The third-order valence-corrected chi connectivity index (χ3v) is 9.56. The van der Waals surface area contributed by atoms with Crippen LogP contribution in [0.3, 0.4) is 0 Å². The first-order chi connectivity index (χ1) is 17.8.